The number of benzene rings is 1. The van der Waals surface area contributed by atoms with Crippen molar-refractivity contribution in [2.24, 2.45) is 0 Å². The van der Waals surface area contributed by atoms with Crippen molar-refractivity contribution in [2.45, 2.75) is 6.55 Å². The van der Waals surface area contributed by atoms with Gasteiger partial charge in [0.15, 0.2) is 0 Å². The van der Waals surface area contributed by atoms with Crippen molar-refractivity contribution in [3.63, 3.8) is 0 Å². The second-order valence-corrected chi connectivity index (χ2v) is 3.29. The van der Waals surface area contributed by atoms with Crippen LogP contribution in [0.25, 0.3) is 0 Å². The Hall–Kier alpha value is 0.683. The molecule has 0 bridgehead atoms. The molecule has 0 amide bonds. The number of hydrogen-bond donors (Lipinski definition) is 0. The third-order valence-electron chi connectivity index (χ3n) is 1.20. The fourth-order valence-corrected chi connectivity index (χ4v) is 1.36. The Balaban J connectivity index is 0. The summed E-state index contributed by atoms with van der Waals surface area (Å²) in [7, 11) is 0.0713. The number of rotatable bonds is 1. The molecule has 0 nitrogen and oxygen atoms in total. The molecule has 0 aliphatic rings. The zero-order valence-electron chi connectivity index (χ0n) is 6.10. The fourth-order valence-electron chi connectivity index (χ4n) is 0.657. The molecule has 1 aromatic rings. The van der Waals surface area contributed by atoms with E-state index in [0.717, 1.165) is 0 Å². The van der Waals surface area contributed by atoms with Crippen molar-refractivity contribution >= 4 is 37.8 Å². The summed E-state index contributed by atoms with van der Waals surface area (Å²) in [5, 5.41) is 1.52. The molecule has 1 aromatic carbocycles. The van der Waals surface area contributed by atoms with Crippen LogP contribution in [0.4, 0.5) is 0 Å². The second kappa shape index (κ2) is 7.79. The summed E-state index contributed by atoms with van der Waals surface area (Å²) in [6.45, 7) is 2.29. The predicted octanol–water partition coefficient (Wildman–Crippen LogP) is -3.05. The Bertz CT molecular complexity index is 155. The quantitative estimate of drug-likeness (QED) is 0.352. The Morgan fingerprint density at radius 1 is 1.30 bits per heavy atom. The molecule has 3 heteroatoms. The smallest absolute Gasteiger partial charge is 1.00 e. The Labute approximate surface area is 91.2 Å². The van der Waals surface area contributed by atoms with Crippen LogP contribution in [0.5, 0.6) is 0 Å². The average Bonchev–Trinajstić information content (AvgIpc) is 1.90. The van der Waals surface area contributed by atoms with Crippen LogP contribution < -0.4 is 22.2 Å². The molecule has 1 rings (SSSR count). The van der Waals surface area contributed by atoms with Gasteiger partial charge >= 0.3 is 23.1 Å². The molecule has 0 N–H and O–H groups in total. The summed E-state index contributed by atoms with van der Waals surface area (Å²) < 4.78 is 0. The van der Waals surface area contributed by atoms with Crippen molar-refractivity contribution in [3.05, 3.63) is 30.3 Å². The minimum Gasteiger partial charge on any atom is -1.00 e. The molecule has 10 heavy (non-hydrogen) atoms. The minimum absolute atomic E-state index is 0. The predicted molar refractivity (Wildman–Crippen MR) is 45.1 cm³/mol. The first-order valence-corrected chi connectivity index (χ1v) is 5.00. The molecule has 0 saturated carbocycles. The average molecular weight is 225 g/mol. The first-order chi connectivity index (χ1) is 3.93. The Morgan fingerprint density at radius 3 is 2.10 bits per heavy atom. The molecule has 0 aromatic heterocycles. The van der Waals surface area contributed by atoms with Crippen LogP contribution in [-0.4, -0.2) is 32.6 Å². The molecule has 50 valence electrons. The summed E-state index contributed by atoms with van der Waals surface area (Å²) in [5.41, 5.74) is 0. The zero-order chi connectivity index (χ0) is 5.82. The fraction of sp³-hybridized carbons (Fsp3) is 0.143. The van der Waals surface area contributed by atoms with Gasteiger partial charge in [-0.3, -0.25) is 0 Å². The second-order valence-electron chi connectivity index (χ2n) is 1.76. The summed E-state index contributed by atoms with van der Waals surface area (Å²) >= 11 is 0. The normalized spacial score (nSPS) is 8.50. The molecular formula is C7H9BrMgSi. The van der Waals surface area contributed by atoms with E-state index in [1.165, 1.54) is 5.19 Å². The largest absolute Gasteiger partial charge is 2.00 e. The minimum atomic E-state index is 0. The van der Waals surface area contributed by atoms with E-state index in [2.05, 4.69) is 24.7 Å². The topological polar surface area (TPSA) is 0 Å². The van der Waals surface area contributed by atoms with Gasteiger partial charge in [0.1, 0.15) is 0 Å². The maximum Gasteiger partial charge on any atom is 2.00 e. The van der Waals surface area contributed by atoms with Crippen LogP contribution in [-0.2, 0) is 0 Å². The van der Waals surface area contributed by atoms with E-state index in [1.807, 2.05) is 12.1 Å². The van der Waals surface area contributed by atoms with Gasteiger partial charge in [-0.25, -0.2) is 0 Å². The first kappa shape index (κ1) is 13.3. The third-order valence-corrected chi connectivity index (χ3v) is 2.48. The van der Waals surface area contributed by atoms with Crippen molar-refractivity contribution in [1.82, 2.24) is 0 Å². The summed E-state index contributed by atoms with van der Waals surface area (Å²) in [5.74, 6) is 0. The molecule has 0 atom stereocenters. The van der Waals surface area contributed by atoms with Crippen LogP contribution in [0.2, 0.25) is 6.55 Å². The molecular weight excluding hydrogens is 216 g/mol. The SMILES string of the molecule is C[SiH2]c1cc[c-]cc1.[Br-].[Mg+2]. The van der Waals surface area contributed by atoms with Crippen LogP contribution >= 0.6 is 0 Å². The van der Waals surface area contributed by atoms with E-state index < -0.39 is 0 Å². The van der Waals surface area contributed by atoms with Gasteiger partial charge in [0.05, 0.1) is 0 Å². The van der Waals surface area contributed by atoms with Crippen molar-refractivity contribution in [2.75, 3.05) is 0 Å². The zero-order valence-corrected chi connectivity index (χ0v) is 10.5. The van der Waals surface area contributed by atoms with E-state index in [0.29, 0.717) is 0 Å². The van der Waals surface area contributed by atoms with Crippen molar-refractivity contribution in [3.8, 4) is 0 Å². The molecule has 0 saturated heterocycles. The van der Waals surface area contributed by atoms with Crippen LogP contribution in [0.15, 0.2) is 24.3 Å². The maximum absolute atomic E-state index is 2.99. The molecule has 0 heterocycles. The molecule has 0 fully saturated rings. The van der Waals surface area contributed by atoms with Gasteiger partial charge in [-0.15, -0.1) is 0 Å². The summed E-state index contributed by atoms with van der Waals surface area (Å²) in [6.07, 6.45) is 0. The number of halogens is 1. The summed E-state index contributed by atoms with van der Waals surface area (Å²) in [6, 6.07) is 11.2. The standard InChI is InChI=1S/C7H9Si.BrH.Mg/c1-8-7-5-3-2-4-6-7;;/h3-6H,8H2,1H3;1H;/q-1;;+2/p-1. The van der Waals surface area contributed by atoms with Crippen LogP contribution in [0.1, 0.15) is 0 Å². The number of hydrogen-bond acceptors (Lipinski definition) is 0. The van der Waals surface area contributed by atoms with Gasteiger partial charge in [0, 0.05) is 9.52 Å². The summed E-state index contributed by atoms with van der Waals surface area (Å²) in [4.78, 5) is 0. The third kappa shape index (κ3) is 4.49. The Kier molecular flexibility index (Phi) is 10.3. The van der Waals surface area contributed by atoms with Gasteiger partial charge in [0.2, 0.25) is 0 Å². The van der Waals surface area contributed by atoms with Gasteiger partial charge < -0.3 is 17.0 Å². The maximum atomic E-state index is 2.99. The van der Waals surface area contributed by atoms with Gasteiger partial charge in [-0.1, -0.05) is 6.55 Å². The van der Waals surface area contributed by atoms with Crippen molar-refractivity contribution < 1.29 is 17.0 Å². The Morgan fingerprint density at radius 2 is 1.80 bits per heavy atom. The molecule has 0 aliphatic carbocycles. The van der Waals surface area contributed by atoms with E-state index in [1.54, 1.807) is 0 Å². The molecule has 0 radical (unpaired) electrons. The van der Waals surface area contributed by atoms with Gasteiger partial charge in [0.25, 0.3) is 0 Å². The van der Waals surface area contributed by atoms with Gasteiger partial charge in [-0.05, 0) is 0 Å². The monoisotopic (exact) mass is 224 g/mol. The first-order valence-electron chi connectivity index (χ1n) is 2.88. The molecule has 0 unspecified atom stereocenters. The van der Waals surface area contributed by atoms with E-state index in [9.17, 15) is 0 Å². The van der Waals surface area contributed by atoms with Crippen molar-refractivity contribution in [1.29, 1.82) is 0 Å². The van der Waals surface area contributed by atoms with E-state index >= 15 is 0 Å². The van der Waals surface area contributed by atoms with E-state index in [-0.39, 0.29) is 49.6 Å². The molecule has 0 spiro atoms. The van der Waals surface area contributed by atoms with E-state index in [4.69, 9.17) is 0 Å². The van der Waals surface area contributed by atoms with Gasteiger partial charge in [-0.2, -0.15) is 35.5 Å². The van der Waals surface area contributed by atoms with Crippen LogP contribution in [0, 0.1) is 6.07 Å². The molecule has 0 aliphatic heterocycles. The van der Waals surface area contributed by atoms with Crippen LogP contribution in [0.3, 0.4) is 0 Å².